The highest BCUT2D eigenvalue weighted by molar-refractivity contribution is 5.95. The third-order valence-corrected chi connectivity index (χ3v) is 6.80. The molecule has 0 heterocycles. The van der Waals surface area contributed by atoms with Crippen LogP contribution in [-0.2, 0) is 6.42 Å². The first-order valence-electron chi connectivity index (χ1n) is 14.1. The second kappa shape index (κ2) is 15.3. The van der Waals surface area contributed by atoms with Crippen LogP contribution in [0.4, 0.5) is 4.39 Å². The Kier molecular flexibility index (Phi) is 11.0. The summed E-state index contributed by atoms with van der Waals surface area (Å²) in [7, 11) is 0. The Balaban J connectivity index is 1.24. The minimum Gasteiger partial charge on any atom is -0.423 e. The second-order valence-electron chi connectivity index (χ2n) is 9.96. The number of unbranched alkanes of at least 4 members (excludes halogenated alkanes) is 5. The number of aryl methyl sites for hydroxylation is 1. The van der Waals surface area contributed by atoms with E-state index in [-0.39, 0.29) is 0 Å². The van der Waals surface area contributed by atoms with Crippen molar-refractivity contribution in [1.82, 2.24) is 5.43 Å². The summed E-state index contributed by atoms with van der Waals surface area (Å²) in [5.41, 5.74) is 7.37. The van der Waals surface area contributed by atoms with Crippen molar-refractivity contribution >= 4 is 18.1 Å². The van der Waals surface area contributed by atoms with Gasteiger partial charge in [0.05, 0.1) is 11.8 Å². The molecule has 0 atom stereocenters. The molecule has 4 aromatic carbocycles. The van der Waals surface area contributed by atoms with E-state index >= 15 is 0 Å². The van der Waals surface area contributed by atoms with Crippen LogP contribution in [0.15, 0.2) is 102 Å². The average molecular weight is 551 g/mol. The largest absolute Gasteiger partial charge is 0.423 e. The Labute approximate surface area is 241 Å². The SMILES string of the molecule is CCCCCCCCc1ccc(-c2ccc(C(=O)Oc3ccc(C=NNC(=O)c4ccc(F)cc4)cc3)cc2)cc1. The van der Waals surface area contributed by atoms with Crippen molar-refractivity contribution in [2.75, 3.05) is 0 Å². The maximum Gasteiger partial charge on any atom is 0.343 e. The van der Waals surface area contributed by atoms with Crippen molar-refractivity contribution in [3.05, 3.63) is 125 Å². The molecule has 41 heavy (non-hydrogen) atoms. The smallest absolute Gasteiger partial charge is 0.343 e. The zero-order valence-electron chi connectivity index (χ0n) is 23.3. The van der Waals surface area contributed by atoms with Crippen LogP contribution in [-0.4, -0.2) is 18.1 Å². The van der Waals surface area contributed by atoms with Gasteiger partial charge in [0.2, 0.25) is 0 Å². The lowest BCUT2D eigenvalue weighted by Crippen LogP contribution is -2.17. The number of nitrogens with zero attached hydrogens (tertiary/aromatic N) is 1. The fourth-order valence-electron chi connectivity index (χ4n) is 4.39. The number of hydrazone groups is 1. The number of hydrogen-bond acceptors (Lipinski definition) is 4. The van der Waals surface area contributed by atoms with Gasteiger partial charge in [-0.15, -0.1) is 0 Å². The molecule has 210 valence electrons. The van der Waals surface area contributed by atoms with Crippen LogP contribution >= 0.6 is 0 Å². The van der Waals surface area contributed by atoms with E-state index in [4.69, 9.17) is 4.74 Å². The van der Waals surface area contributed by atoms with Crippen LogP contribution in [0, 0.1) is 5.82 Å². The molecule has 1 N–H and O–H groups in total. The maximum atomic E-state index is 13.0. The molecular formula is C35H35FN2O3. The first kappa shape index (κ1) is 29.4. The monoisotopic (exact) mass is 550 g/mol. The van der Waals surface area contributed by atoms with Crippen molar-refractivity contribution in [3.8, 4) is 16.9 Å². The van der Waals surface area contributed by atoms with Gasteiger partial charge in [-0.05, 0) is 95.8 Å². The number of carbonyl (C=O) groups is 2. The molecule has 4 rings (SSSR count). The Morgan fingerprint density at radius 3 is 1.98 bits per heavy atom. The molecule has 5 nitrogen and oxygen atoms in total. The van der Waals surface area contributed by atoms with Crippen molar-refractivity contribution in [2.45, 2.75) is 51.9 Å². The van der Waals surface area contributed by atoms with Crippen molar-refractivity contribution in [3.63, 3.8) is 0 Å². The first-order chi connectivity index (χ1) is 20.0. The zero-order valence-corrected chi connectivity index (χ0v) is 23.3. The average Bonchev–Trinajstić information content (AvgIpc) is 3.00. The van der Waals surface area contributed by atoms with Crippen LogP contribution in [0.5, 0.6) is 5.75 Å². The van der Waals surface area contributed by atoms with Gasteiger partial charge >= 0.3 is 5.97 Å². The van der Waals surface area contributed by atoms with Gasteiger partial charge in [0.1, 0.15) is 11.6 Å². The fraction of sp³-hybridized carbons (Fsp3) is 0.229. The van der Waals surface area contributed by atoms with Crippen LogP contribution in [0.3, 0.4) is 0 Å². The van der Waals surface area contributed by atoms with Gasteiger partial charge < -0.3 is 4.74 Å². The molecule has 0 bridgehead atoms. The standard InChI is InChI=1S/C35H35FN2O3/c1-2-3-4-5-6-7-8-26-9-13-28(14-10-26)29-15-17-31(18-16-29)35(40)41-33-23-11-27(12-24-33)25-37-38-34(39)30-19-21-32(36)22-20-30/h9-25H,2-8H2,1H3,(H,38,39). The second-order valence-corrected chi connectivity index (χ2v) is 9.96. The molecule has 4 aromatic rings. The minimum atomic E-state index is -0.446. The third kappa shape index (κ3) is 9.24. The summed E-state index contributed by atoms with van der Waals surface area (Å²) in [6, 6.07) is 28.0. The van der Waals surface area contributed by atoms with E-state index in [2.05, 4.69) is 41.7 Å². The number of amides is 1. The molecule has 0 saturated carbocycles. The molecule has 0 aromatic heterocycles. The molecule has 0 saturated heterocycles. The molecule has 0 fully saturated rings. The summed E-state index contributed by atoms with van der Waals surface area (Å²) >= 11 is 0. The Morgan fingerprint density at radius 1 is 0.732 bits per heavy atom. The summed E-state index contributed by atoms with van der Waals surface area (Å²) in [6.07, 6.45) is 10.4. The summed E-state index contributed by atoms with van der Waals surface area (Å²) in [5, 5.41) is 3.92. The Morgan fingerprint density at radius 2 is 1.32 bits per heavy atom. The lowest BCUT2D eigenvalue weighted by atomic mass is 10.00. The van der Waals surface area contributed by atoms with Crippen LogP contribution in [0.25, 0.3) is 11.1 Å². The number of hydrogen-bond donors (Lipinski definition) is 1. The molecule has 1 amide bonds. The molecular weight excluding hydrogens is 515 g/mol. The maximum absolute atomic E-state index is 13.0. The van der Waals surface area contributed by atoms with E-state index < -0.39 is 17.7 Å². The normalized spacial score (nSPS) is 11.0. The van der Waals surface area contributed by atoms with Gasteiger partial charge in [0, 0.05) is 5.56 Å². The Hall–Kier alpha value is -4.58. The molecule has 0 aliphatic heterocycles. The molecule has 0 aliphatic rings. The van der Waals surface area contributed by atoms with Gasteiger partial charge in [0.15, 0.2) is 0 Å². The number of carbonyl (C=O) groups excluding carboxylic acids is 2. The minimum absolute atomic E-state index is 0.301. The predicted molar refractivity (Wildman–Crippen MR) is 162 cm³/mol. The fourth-order valence-corrected chi connectivity index (χ4v) is 4.39. The van der Waals surface area contributed by atoms with Crippen LogP contribution in [0.2, 0.25) is 0 Å². The number of halogens is 1. The van der Waals surface area contributed by atoms with Crippen molar-refractivity contribution in [1.29, 1.82) is 0 Å². The van der Waals surface area contributed by atoms with Gasteiger partial charge in [-0.3, -0.25) is 4.79 Å². The number of benzene rings is 4. The van der Waals surface area contributed by atoms with Crippen molar-refractivity contribution < 1.29 is 18.7 Å². The summed E-state index contributed by atoms with van der Waals surface area (Å²) in [4.78, 5) is 24.7. The predicted octanol–water partition coefficient (Wildman–Crippen LogP) is 8.38. The van der Waals surface area contributed by atoms with E-state index in [1.165, 1.54) is 74.6 Å². The highest BCUT2D eigenvalue weighted by Gasteiger charge is 2.09. The van der Waals surface area contributed by atoms with Crippen molar-refractivity contribution in [2.24, 2.45) is 5.10 Å². The summed E-state index contributed by atoms with van der Waals surface area (Å²) < 4.78 is 18.5. The highest BCUT2D eigenvalue weighted by Crippen LogP contribution is 2.22. The highest BCUT2D eigenvalue weighted by atomic mass is 19.1. The molecule has 0 radical (unpaired) electrons. The number of nitrogens with one attached hydrogen (secondary N) is 1. The van der Waals surface area contributed by atoms with E-state index in [1.807, 2.05) is 12.1 Å². The number of esters is 1. The lowest BCUT2D eigenvalue weighted by Gasteiger charge is -2.07. The van der Waals surface area contributed by atoms with Gasteiger partial charge in [-0.25, -0.2) is 14.6 Å². The summed E-state index contributed by atoms with van der Waals surface area (Å²) in [5.74, 6) is -0.910. The lowest BCUT2D eigenvalue weighted by molar-refractivity contribution is 0.0734. The Bertz CT molecular complexity index is 1430. The molecule has 6 heteroatoms. The van der Waals surface area contributed by atoms with E-state index in [9.17, 15) is 14.0 Å². The van der Waals surface area contributed by atoms with Gasteiger partial charge in [-0.1, -0.05) is 75.4 Å². The number of rotatable bonds is 13. The number of ether oxygens (including phenoxy) is 1. The van der Waals surface area contributed by atoms with Gasteiger partial charge in [0.25, 0.3) is 5.91 Å². The topological polar surface area (TPSA) is 67.8 Å². The zero-order chi connectivity index (χ0) is 28.9. The van der Waals surface area contributed by atoms with E-state index in [0.29, 0.717) is 22.4 Å². The van der Waals surface area contributed by atoms with Crippen LogP contribution in [0.1, 0.15) is 77.3 Å². The third-order valence-electron chi connectivity index (χ3n) is 6.80. The van der Waals surface area contributed by atoms with E-state index in [0.717, 1.165) is 17.5 Å². The quantitative estimate of drug-likeness (QED) is 0.0598. The molecule has 0 unspecified atom stereocenters. The molecule has 0 spiro atoms. The summed E-state index contributed by atoms with van der Waals surface area (Å²) in [6.45, 7) is 2.24. The van der Waals surface area contributed by atoms with Gasteiger partial charge in [-0.2, -0.15) is 5.10 Å². The van der Waals surface area contributed by atoms with Crippen LogP contribution < -0.4 is 10.2 Å². The van der Waals surface area contributed by atoms with E-state index in [1.54, 1.807) is 36.4 Å². The molecule has 0 aliphatic carbocycles. The first-order valence-corrected chi connectivity index (χ1v) is 14.1.